The number of hydrogen-bond donors (Lipinski definition) is 0. The predicted octanol–water partition coefficient (Wildman–Crippen LogP) is 1.73. The highest BCUT2D eigenvalue weighted by Crippen LogP contribution is 2.20. The first-order valence-corrected chi connectivity index (χ1v) is 10.5. The van der Waals surface area contributed by atoms with Crippen LogP contribution in [-0.2, 0) is 43.0 Å². The number of ether oxygens (including phenoxy) is 3. The lowest BCUT2D eigenvalue weighted by molar-refractivity contribution is -0.197. The van der Waals surface area contributed by atoms with Crippen molar-refractivity contribution in [3.63, 3.8) is 0 Å². The van der Waals surface area contributed by atoms with Crippen LogP contribution >= 0.6 is 0 Å². The van der Waals surface area contributed by atoms with Gasteiger partial charge in [-0.15, -0.1) is 5.06 Å². The standard InChI is InChI=1S/C21H33NO9/c1-5-28-12-13-29-11-10-16(23)14-15(20(27)30-21(2,3)4)6-9-19(26)31-22-17(24)7-8-18(22)25/h15H,5-14H2,1-4H3. The van der Waals surface area contributed by atoms with Crippen molar-refractivity contribution in [3.8, 4) is 0 Å². The van der Waals surface area contributed by atoms with Crippen molar-refractivity contribution in [2.75, 3.05) is 26.4 Å². The number of carbonyl (C=O) groups excluding carboxylic acids is 5. The van der Waals surface area contributed by atoms with E-state index in [1.807, 2.05) is 6.92 Å². The van der Waals surface area contributed by atoms with Crippen LogP contribution in [0.2, 0.25) is 0 Å². The van der Waals surface area contributed by atoms with Gasteiger partial charge in [-0.3, -0.25) is 19.2 Å². The maximum atomic E-state index is 12.5. The number of esters is 1. The van der Waals surface area contributed by atoms with Gasteiger partial charge in [0.15, 0.2) is 0 Å². The van der Waals surface area contributed by atoms with Crippen LogP contribution in [0.25, 0.3) is 0 Å². The minimum absolute atomic E-state index is 0.00616. The van der Waals surface area contributed by atoms with Gasteiger partial charge in [0.25, 0.3) is 11.8 Å². The first kappa shape index (κ1) is 26.7. The van der Waals surface area contributed by atoms with E-state index in [2.05, 4.69) is 0 Å². The molecule has 1 rings (SSSR count). The number of ketones is 1. The zero-order valence-corrected chi connectivity index (χ0v) is 18.8. The molecule has 2 amide bonds. The third kappa shape index (κ3) is 11.0. The first-order valence-electron chi connectivity index (χ1n) is 10.5. The Balaban J connectivity index is 2.56. The van der Waals surface area contributed by atoms with Crippen molar-refractivity contribution in [2.24, 2.45) is 5.92 Å². The van der Waals surface area contributed by atoms with Gasteiger partial charge >= 0.3 is 11.9 Å². The quantitative estimate of drug-likeness (QED) is 0.224. The van der Waals surface area contributed by atoms with Crippen LogP contribution in [-0.4, -0.2) is 66.6 Å². The van der Waals surface area contributed by atoms with Gasteiger partial charge in [0.1, 0.15) is 11.4 Å². The number of amides is 2. The van der Waals surface area contributed by atoms with Gasteiger partial charge < -0.3 is 19.0 Å². The fourth-order valence-electron chi connectivity index (χ4n) is 2.71. The Morgan fingerprint density at radius 3 is 2.16 bits per heavy atom. The summed E-state index contributed by atoms with van der Waals surface area (Å²) in [5.74, 6) is -3.65. The number of nitrogens with zero attached hydrogens (tertiary/aromatic N) is 1. The largest absolute Gasteiger partial charge is 0.460 e. The highest BCUT2D eigenvalue weighted by molar-refractivity contribution is 6.01. The SMILES string of the molecule is CCOCCOCCC(=O)CC(CCC(=O)ON1C(=O)CCC1=O)C(=O)OC(C)(C)C. The van der Waals surface area contributed by atoms with E-state index in [4.69, 9.17) is 19.0 Å². The normalized spacial score (nSPS) is 15.2. The second kappa shape index (κ2) is 13.2. The van der Waals surface area contributed by atoms with E-state index in [-0.39, 0.29) is 50.9 Å². The summed E-state index contributed by atoms with van der Waals surface area (Å²) in [6.45, 7) is 8.58. The third-order valence-electron chi connectivity index (χ3n) is 4.21. The summed E-state index contributed by atoms with van der Waals surface area (Å²) in [5.41, 5.74) is -0.754. The van der Waals surface area contributed by atoms with Crippen LogP contribution < -0.4 is 0 Å². The molecule has 0 aromatic heterocycles. The van der Waals surface area contributed by atoms with Crippen LogP contribution in [0.15, 0.2) is 0 Å². The van der Waals surface area contributed by atoms with Crippen molar-refractivity contribution in [1.82, 2.24) is 5.06 Å². The molecule has 0 spiro atoms. The van der Waals surface area contributed by atoms with Gasteiger partial charge in [0.2, 0.25) is 0 Å². The Bertz CT molecular complexity index is 638. The number of hydrogen-bond acceptors (Lipinski definition) is 9. The Kier molecular flexibility index (Phi) is 11.3. The van der Waals surface area contributed by atoms with Crippen LogP contribution in [0.5, 0.6) is 0 Å². The molecule has 10 nitrogen and oxygen atoms in total. The minimum atomic E-state index is -0.854. The average Bonchev–Trinajstić information content (AvgIpc) is 2.98. The Morgan fingerprint density at radius 1 is 0.968 bits per heavy atom. The van der Waals surface area contributed by atoms with Gasteiger partial charge in [-0.1, -0.05) is 0 Å². The summed E-state index contributed by atoms with van der Waals surface area (Å²) in [6, 6.07) is 0. The van der Waals surface area contributed by atoms with E-state index in [0.717, 1.165) is 0 Å². The van der Waals surface area contributed by atoms with Crippen LogP contribution in [0.4, 0.5) is 0 Å². The molecule has 31 heavy (non-hydrogen) atoms. The van der Waals surface area contributed by atoms with Crippen molar-refractivity contribution in [2.45, 2.75) is 71.8 Å². The topological polar surface area (TPSA) is 126 Å². The molecule has 0 aliphatic carbocycles. The fraction of sp³-hybridized carbons (Fsp3) is 0.762. The van der Waals surface area contributed by atoms with E-state index >= 15 is 0 Å². The highest BCUT2D eigenvalue weighted by Gasteiger charge is 2.33. The molecule has 0 radical (unpaired) electrons. The smallest absolute Gasteiger partial charge is 0.333 e. The van der Waals surface area contributed by atoms with E-state index < -0.39 is 35.3 Å². The molecule has 0 aromatic rings. The molecule has 0 aromatic carbocycles. The van der Waals surface area contributed by atoms with Gasteiger partial charge in [-0.25, -0.2) is 4.79 Å². The van der Waals surface area contributed by atoms with Crippen LogP contribution in [0, 0.1) is 5.92 Å². The molecular weight excluding hydrogens is 410 g/mol. The highest BCUT2D eigenvalue weighted by atomic mass is 16.7. The second-order valence-corrected chi connectivity index (χ2v) is 8.12. The number of Topliss-reactive ketones (excluding diaryl/α,β-unsaturated/α-hetero) is 1. The monoisotopic (exact) mass is 443 g/mol. The maximum absolute atomic E-state index is 12.5. The van der Waals surface area contributed by atoms with Crippen molar-refractivity contribution >= 4 is 29.5 Å². The van der Waals surface area contributed by atoms with Gasteiger partial charge in [0.05, 0.1) is 25.7 Å². The molecule has 1 saturated heterocycles. The number of hydroxylamine groups is 2. The zero-order chi connectivity index (χ0) is 23.4. The molecule has 1 aliphatic rings. The van der Waals surface area contributed by atoms with Gasteiger partial charge in [-0.2, -0.15) is 0 Å². The molecule has 0 saturated carbocycles. The molecule has 10 heteroatoms. The molecule has 1 fully saturated rings. The lowest BCUT2D eigenvalue weighted by Crippen LogP contribution is -2.33. The van der Waals surface area contributed by atoms with Crippen LogP contribution in [0.3, 0.4) is 0 Å². The van der Waals surface area contributed by atoms with Crippen LogP contribution in [0.1, 0.15) is 66.2 Å². The summed E-state index contributed by atoms with van der Waals surface area (Å²) in [6.07, 6.45) is -0.271. The van der Waals surface area contributed by atoms with E-state index in [1.54, 1.807) is 20.8 Å². The lowest BCUT2D eigenvalue weighted by atomic mass is 9.95. The first-order chi connectivity index (χ1) is 14.5. The van der Waals surface area contributed by atoms with Crippen molar-refractivity contribution in [1.29, 1.82) is 0 Å². The molecule has 1 atom stereocenters. The molecule has 1 heterocycles. The summed E-state index contributed by atoms with van der Waals surface area (Å²) in [7, 11) is 0. The third-order valence-corrected chi connectivity index (χ3v) is 4.21. The van der Waals surface area contributed by atoms with Crippen molar-refractivity contribution < 1.29 is 43.0 Å². The Hall–Kier alpha value is -2.33. The summed E-state index contributed by atoms with van der Waals surface area (Å²) >= 11 is 0. The maximum Gasteiger partial charge on any atom is 0.333 e. The number of imide groups is 1. The van der Waals surface area contributed by atoms with E-state index in [0.29, 0.717) is 24.9 Å². The fourth-order valence-corrected chi connectivity index (χ4v) is 2.71. The Labute approximate surface area is 182 Å². The molecule has 0 bridgehead atoms. The molecule has 1 aliphatic heterocycles. The molecule has 1 unspecified atom stereocenters. The molecule has 176 valence electrons. The summed E-state index contributed by atoms with van der Waals surface area (Å²) in [4.78, 5) is 64.7. The minimum Gasteiger partial charge on any atom is -0.460 e. The average molecular weight is 443 g/mol. The zero-order valence-electron chi connectivity index (χ0n) is 18.8. The lowest BCUT2D eigenvalue weighted by Gasteiger charge is -2.23. The number of rotatable bonds is 14. The summed E-state index contributed by atoms with van der Waals surface area (Å²) in [5, 5.41) is 0.454. The number of carbonyl (C=O) groups is 5. The Morgan fingerprint density at radius 2 is 1.58 bits per heavy atom. The molecule has 0 N–H and O–H groups in total. The van der Waals surface area contributed by atoms with Gasteiger partial charge in [-0.05, 0) is 34.1 Å². The van der Waals surface area contributed by atoms with E-state index in [1.165, 1.54) is 0 Å². The molecular formula is C21H33NO9. The second-order valence-electron chi connectivity index (χ2n) is 8.12. The van der Waals surface area contributed by atoms with E-state index in [9.17, 15) is 24.0 Å². The summed E-state index contributed by atoms with van der Waals surface area (Å²) < 4.78 is 15.8. The van der Waals surface area contributed by atoms with Gasteiger partial charge in [0, 0.05) is 38.7 Å². The van der Waals surface area contributed by atoms with Crippen molar-refractivity contribution in [3.05, 3.63) is 0 Å². The predicted molar refractivity (Wildman–Crippen MR) is 107 cm³/mol.